The van der Waals surface area contributed by atoms with Gasteiger partial charge in [0.15, 0.2) is 4.34 Å². The maximum atomic E-state index is 12.2. The summed E-state index contributed by atoms with van der Waals surface area (Å²) in [6, 6.07) is 17.2. The van der Waals surface area contributed by atoms with Crippen molar-refractivity contribution in [1.82, 2.24) is 10.2 Å². The van der Waals surface area contributed by atoms with Crippen LogP contribution >= 0.6 is 23.1 Å². The van der Waals surface area contributed by atoms with Crippen molar-refractivity contribution in [3.8, 4) is 5.75 Å². The summed E-state index contributed by atoms with van der Waals surface area (Å²) in [6.07, 6.45) is 0.907. The van der Waals surface area contributed by atoms with E-state index < -0.39 is 0 Å². The highest BCUT2D eigenvalue weighted by Crippen LogP contribution is 2.26. The maximum absolute atomic E-state index is 12.2. The first-order chi connectivity index (χ1) is 12.7. The third-order valence-electron chi connectivity index (χ3n) is 3.47. The number of anilines is 1. The van der Waals surface area contributed by atoms with Crippen LogP contribution in [0.2, 0.25) is 0 Å². The summed E-state index contributed by atoms with van der Waals surface area (Å²) in [5.74, 6) is 1.59. The molecule has 1 aromatic heterocycles. The van der Waals surface area contributed by atoms with Gasteiger partial charge in [-0.1, -0.05) is 59.0 Å². The third kappa shape index (κ3) is 5.57. The Kier molecular flexibility index (Phi) is 6.62. The summed E-state index contributed by atoms with van der Waals surface area (Å²) in [5, 5.41) is 11.4. The van der Waals surface area contributed by atoms with Crippen LogP contribution in [0.25, 0.3) is 0 Å². The number of hydrogen-bond acceptors (Lipinski definition) is 6. The van der Waals surface area contributed by atoms with Crippen LogP contribution < -0.4 is 10.1 Å². The van der Waals surface area contributed by atoms with E-state index in [9.17, 15) is 4.79 Å². The molecule has 0 aliphatic heterocycles. The van der Waals surface area contributed by atoms with E-state index in [1.165, 1.54) is 11.3 Å². The lowest BCUT2D eigenvalue weighted by atomic mass is 10.1. The van der Waals surface area contributed by atoms with Gasteiger partial charge < -0.3 is 4.74 Å². The zero-order valence-corrected chi connectivity index (χ0v) is 16.0. The summed E-state index contributed by atoms with van der Waals surface area (Å²) in [4.78, 5) is 12.2. The zero-order valence-electron chi connectivity index (χ0n) is 14.3. The lowest BCUT2D eigenvalue weighted by molar-refractivity contribution is 0.102. The summed E-state index contributed by atoms with van der Waals surface area (Å²) < 4.78 is 6.49. The normalized spacial score (nSPS) is 10.5. The van der Waals surface area contributed by atoms with Crippen molar-refractivity contribution in [2.24, 2.45) is 0 Å². The quantitative estimate of drug-likeness (QED) is 0.347. The molecule has 1 heterocycles. The molecule has 7 heteroatoms. The van der Waals surface area contributed by atoms with Crippen molar-refractivity contribution < 1.29 is 9.53 Å². The van der Waals surface area contributed by atoms with Gasteiger partial charge in [0.05, 0.1) is 6.61 Å². The topological polar surface area (TPSA) is 64.1 Å². The van der Waals surface area contributed by atoms with E-state index >= 15 is 0 Å². The van der Waals surface area contributed by atoms with Crippen molar-refractivity contribution in [2.75, 3.05) is 17.7 Å². The molecular weight excluding hydrogens is 366 g/mol. The first kappa shape index (κ1) is 18.4. The van der Waals surface area contributed by atoms with Crippen molar-refractivity contribution in [1.29, 1.82) is 0 Å². The van der Waals surface area contributed by atoms with Gasteiger partial charge in [-0.25, -0.2) is 0 Å². The first-order valence-corrected chi connectivity index (χ1v) is 10.0. The second-order valence-electron chi connectivity index (χ2n) is 5.56. The molecule has 0 saturated carbocycles. The number of nitrogens with one attached hydrogen (secondary N) is 1. The van der Waals surface area contributed by atoms with E-state index in [-0.39, 0.29) is 5.91 Å². The van der Waals surface area contributed by atoms with Crippen LogP contribution in [0.15, 0.2) is 58.9 Å². The number of thioether (sulfide) groups is 1. The first-order valence-electron chi connectivity index (χ1n) is 8.23. The summed E-state index contributed by atoms with van der Waals surface area (Å²) >= 11 is 3.00. The molecule has 0 bridgehead atoms. The number of amides is 1. The van der Waals surface area contributed by atoms with E-state index in [0.717, 1.165) is 27.8 Å². The van der Waals surface area contributed by atoms with E-state index in [0.29, 0.717) is 17.3 Å². The molecule has 5 nitrogen and oxygen atoms in total. The molecule has 0 atom stereocenters. The number of rotatable bonds is 8. The minimum atomic E-state index is -0.172. The predicted octanol–water partition coefficient (Wildman–Crippen LogP) is 4.66. The molecule has 26 heavy (non-hydrogen) atoms. The van der Waals surface area contributed by atoms with Gasteiger partial charge in [-0.15, -0.1) is 10.2 Å². The Bertz CT molecular complexity index is 836. The van der Waals surface area contributed by atoms with Gasteiger partial charge in [0, 0.05) is 11.3 Å². The lowest BCUT2D eigenvalue weighted by Gasteiger charge is -2.04. The fraction of sp³-hybridized carbons (Fsp3) is 0.211. The van der Waals surface area contributed by atoms with Gasteiger partial charge in [-0.2, -0.15) is 0 Å². The summed E-state index contributed by atoms with van der Waals surface area (Å²) in [7, 11) is 0. The standard InChI is InChI=1S/C19H19N3O2S2/c1-14-8-10-15(11-9-14)17(23)20-18-21-22-19(26-18)25-13-5-12-24-16-6-3-2-4-7-16/h2-4,6-11H,5,12-13H2,1H3,(H,20,21,23). The highest BCUT2D eigenvalue weighted by molar-refractivity contribution is 8.01. The molecule has 3 aromatic rings. The molecular formula is C19H19N3O2S2. The van der Waals surface area contributed by atoms with Crippen LogP contribution in [-0.4, -0.2) is 28.5 Å². The van der Waals surface area contributed by atoms with Gasteiger partial charge in [0.25, 0.3) is 5.91 Å². The Labute approximate surface area is 160 Å². The highest BCUT2D eigenvalue weighted by Gasteiger charge is 2.10. The van der Waals surface area contributed by atoms with Gasteiger partial charge in [-0.05, 0) is 37.6 Å². The zero-order chi connectivity index (χ0) is 18.2. The molecule has 0 saturated heterocycles. The maximum Gasteiger partial charge on any atom is 0.257 e. The number of carbonyl (C=O) groups excluding carboxylic acids is 1. The number of carbonyl (C=O) groups is 1. The average Bonchev–Trinajstić information content (AvgIpc) is 3.10. The molecule has 3 rings (SSSR count). The molecule has 0 aliphatic rings. The fourth-order valence-electron chi connectivity index (χ4n) is 2.12. The number of ether oxygens (including phenoxy) is 1. The van der Waals surface area contributed by atoms with Gasteiger partial charge >= 0.3 is 0 Å². The van der Waals surface area contributed by atoms with E-state index in [1.807, 2.05) is 49.4 Å². The van der Waals surface area contributed by atoms with E-state index in [1.54, 1.807) is 23.9 Å². The van der Waals surface area contributed by atoms with Gasteiger partial charge in [0.1, 0.15) is 5.75 Å². The number of aromatic nitrogens is 2. The lowest BCUT2D eigenvalue weighted by Crippen LogP contribution is -2.11. The Morgan fingerprint density at radius 2 is 1.88 bits per heavy atom. The van der Waals surface area contributed by atoms with Crippen LogP contribution in [0.4, 0.5) is 5.13 Å². The second kappa shape index (κ2) is 9.35. The summed E-state index contributed by atoms with van der Waals surface area (Å²) in [6.45, 7) is 2.65. The molecule has 1 amide bonds. The van der Waals surface area contributed by atoms with Crippen LogP contribution in [0, 0.1) is 6.92 Å². The predicted molar refractivity (Wildman–Crippen MR) is 106 cm³/mol. The smallest absolute Gasteiger partial charge is 0.257 e. The van der Waals surface area contributed by atoms with Gasteiger partial charge in [-0.3, -0.25) is 10.1 Å². The second-order valence-corrected chi connectivity index (χ2v) is 7.88. The highest BCUT2D eigenvalue weighted by atomic mass is 32.2. The Morgan fingerprint density at radius 3 is 2.65 bits per heavy atom. The van der Waals surface area contributed by atoms with Crippen molar-refractivity contribution in [3.63, 3.8) is 0 Å². The number of benzene rings is 2. The molecule has 0 radical (unpaired) electrons. The van der Waals surface area contributed by atoms with Gasteiger partial charge in [0.2, 0.25) is 5.13 Å². The molecule has 0 unspecified atom stereocenters. The number of aryl methyl sites for hydroxylation is 1. The van der Waals surface area contributed by atoms with Crippen LogP contribution in [-0.2, 0) is 0 Å². The van der Waals surface area contributed by atoms with Crippen molar-refractivity contribution in [2.45, 2.75) is 17.7 Å². The van der Waals surface area contributed by atoms with Crippen LogP contribution in [0.3, 0.4) is 0 Å². The molecule has 134 valence electrons. The van der Waals surface area contributed by atoms with E-state index in [2.05, 4.69) is 15.5 Å². The molecule has 0 aliphatic carbocycles. The number of para-hydroxylation sites is 1. The van der Waals surface area contributed by atoms with Crippen molar-refractivity contribution >= 4 is 34.1 Å². The Morgan fingerprint density at radius 1 is 1.12 bits per heavy atom. The Balaban J connectivity index is 1.40. The molecule has 1 N–H and O–H groups in total. The number of hydrogen-bond donors (Lipinski definition) is 1. The average molecular weight is 386 g/mol. The molecule has 0 fully saturated rings. The number of nitrogens with zero attached hydrogens (tertiary/aromatic N) is 2. The fourth-order valence-corrected chi connectivity index (χ4v) is 3.85. The molecule has 0 spiro atoms. The largest absolute Gasteiger partial charge is 0.494 e. The van der Waals surface area contributed by atoms with Crippen LogP contribution in [0.1, 0.15) is 22.3 Å². The third-order valence-corrected chi connectivity index (χ3v) is 5.53. The van der Waals surface area contributed by atoms with Crippen LogP contribution in [0.5, 0.6) is 5.75 Å². The monoisotopic (exact) mass is 385 g/mol. The minimum absolute atomic E-state index is 0.172. The summed E-state index contributed by atoms with van der Waals surface area (Å²) in [5.41, 5.74) is 1.73. The van der Waals surface area contributed by atoms with Crippen molar-refractivity contribution in [3.05, 3.63) is 65.7 Å². The Hall–Kier alpha value is -2.38. The SMILES string of the molecule is Cc1ccc(C(=O)Nc2nnc(SCCCOc3ccccc3)s2)cc1. The minimum Gasteiger partial charge on any atom is -0.494 e. The van der Waals surface area contributed by atoms with E-state index in [4.69, 9.17) is 4.74 Å². The molecule has 2 aromatic carbocycles.